The van der Waals surface area contributed by atoms with Crippen LogP contribution in [0.5, 0.6) is 11.5 Å². The Balaban J connectivity index is 1.36. The Hall–Kier alpha value is -2.80. The molecule has 1 fully saturated rings. The number of fused-ring (bicyclic) bond motifs is 1. The summed E-state index contributed by atoms with van der Waals surface area (Å²) in [6.07, 6.45) is 3.76. The molecule has 0 radical (unpaired) electrons. The standard InChI is InChI=1S/C20H17ClFNO5/c21-13-4-3-5-14(22)18(13)19(25)26-11-17(24)23-12-6-7-15-16(10-12)28-20(27-15)8-1-2-9-20/h3-7,10H,1-2,8-9,11H2,(H,23,24). The summed E-state index contributed by atoms with van der Waals surface area (Å²) in [4.78, 5) is 24.1. The summed E-state index contributed by atoms with van der Waals surface area (Å²) in [5.74, 6) is -1.77. The molecule has 28 heavy (non-hydrogen) atoms. The monoisotopic (exact) mass is 405 g/mol. The van der Waals surface area contributed by atoms with Gasteiger partial charge in [0, 0.05) is 24.6 Å². The summed E-state index contributed by atoms with van der Waals surface area (Å²) < 4.78 is 30.4. The van der Waals surface area contributed by atoms with Crippen LogP contribution in [0.2, 0.25) is 5.02 Å². The number of carbonyl (C=O) groups is 2. The lowest BCUT2D eigenvalue weighted by molar-refractivity contribution is -0.119. The average Bonchev–Trinajstić information content (AvgIpc) is 3.25. The first kappa shape index (κ1) is 18.6. The van der Waals surface area contributed by atoms with E-state index >= 15 is 0 Å². The predicted molar refractivity (Wildman–Crippen MR) is 99.2 cm³/mol. The Bertz CT molecular complexity index is 922. The molecule has 146 valence electrons. The molecule has 1 aliphatic carbocycles. The fourth-order valence-corrected chi connectivity index (χ4v) is 3.62. The number of nitrogens with one attached hydrogen (secondary N) is 1. The summed E-state index contributed by atoms with van der Waals surface area (Å²) in [5.41, 5.74) is 0.0734. The Kier molecular flexibility index (Phi) is 4.85. The number of carbonyl (C=O) groups excluding carboxylic acids is 2. The van der Waals surface area contributed by atoms with E-state index in [0.717, 1.165) is 31.7 Å². The zero-order valence-electron chi connectivity index (χ0n) is 14.8. The molecule has 1 saturated carbocycles. The maximum Gasteiger partial charge on any atom is 0.343 e. The molecular formula is C20H17ClFNO5. The van der Waals surface area contributed by atoms with Gasteiger partial charge in [-0.05, 0) is 37.1 Å². The minimum atomic E-state index is -1.01. The normalized spacial score (nSPS) is 16.2. The smallest absolute Gasteiger partial charge is 0.343 e. The van der Waals surface area contributed by atoms with E-state index in [2.05, 4.69) is 5.32 Å². The lowest BCUT2D eigenvalue weighted by atomic mass is 10.2. The number of anilines is 1. The number of hydrogen-bond donors (Lipinski definition) is 1. The van der Waals surface area contributed by atoms with Crippen molar-refractivity contribution in [1.82, 2.24) is 0 Å². The van der Waals surface area contributed by atoms with Crippen LogP contribution in [0, 0.1) is 5.82 Å². The van der Waals surface area contributed by atoms with Crippen molar-refractivity contribution in [3.63, 3.8) is 0 Å². The highest BCUT2D eigenvalue weighted by molar-refractivity contribution is 6.33. The fraction of sp³-hybridized carbons (Fsp3) is 0.300. The lowest BCUT2D eigenvalue weighted by Gasteiger charge is -2.21. The summed E-state index contributed by atoms with van der Waals surface area (Å²) in [6, 6.07) is 8.89. The predicted octanol–water partition coefficient (Wildman–Crippen LogP) is 4.32. The molecule has 2 aliphatic rings. The van der Waals surface area contributed by atoms with Crippen LogP contribution < -0.4 is 14.8 Å². The molecule has 1 heterocycles. The first-order valence-electron chi connectivity index (χ1n) is 8.89. The van der Waals surface area contributed by atoms with E-state index in [-0.39, 0.29) is 5.02 Å². The van der Waals surface area contributed by atoms with Crippen molar-refractivity contribution in [3.8, 4) is 11.5 Å². The van der Waals surface area contributed by atoms with Crippen molar-refractivity contribution in [2.75, 3.05) is 11.9 Å². The molecule has 0 unspecified atom stereocenters. The van der Waals surface area contributed by atoms with Crippen LogP contribution >= 0.6 is 11.6 Å². The van der Waals surface area contributed by atoms with Gasteiger partial charge < -0.3 is 19.5 Å². The average molecular weight is 406 g/mol. The van der Waals surface area contributed by atoms with Gasteiger partial charge in [0.2, 0.25) is 0 Å². The van der Waals surface area contributed by atoms with Gasteiger partial charge in [-0.3, -0.25) is 4.79 Å². The van der Waals surface area contributed by atoms with Crippen molar-refractivity contribution >= 4 is 29.2 Å². The Morgan fingerprint density at radius 3 is 2.64 bits per heavy atom. The van der Waals surface area contributed by atoms with Crippen molar-refractivity contribution in [2.45, 2.75) is 31.5 Å². The van der Waals surface area contributed by atoms with E-state index < -0.39 is 35.7 Å². The van der Waals surface area contributed by atoms with Gasteiger partial charge in [0.15, 0.2) is 18.1 Å². The number of esters is 1. The molecule has 1 spiro atoms. The summed E-state index contributed by atoms with van der Waals surface area (Å²) in [6.45, 7) is -0.581. The van der Waals surface area contributed by atoms with Crippen LogP contribution in [0.1, 0.15) is 36.0 Å². The molecule has 2 aromatic carbocycles. The van der Waals surface area contributed by atoms with E-state index in [1.165, 1.54) is 12.1 Å². The summed E-state index contributed by atoms with van der Waals surface area (Å²) >= 11 is 5.81. The molecule has 6 nitrogen and oxygen atoms in total. The summed E-state index contributed by atoms with van der Waals surface area (Å²) in [5, 5.41) is 2.53. The zero-order valence-corrected chi connectivity index (χ0v) is 15.6. The third-order valence-corrected chi connectivity index (χ3v) is 5.00. The molecule has 1 N–H and O–H groups in total. The largest absolute Gasteiger partial charge is 0.452 e. The van der Waals surface area contributed by atoms with Crippen LogP contribution in [0.25, 0.3) is 0 Å². The maximum atomic E-state index is 13.7. The van der Waals surface area contributed by atoms with Gasteiger partial charge in [0.1, 0.15) is 11.4 Å². The SMILES string of the molecule is O=C(COC(=O)c1c(F)cccc1Cl)Nc1ccc2c(c1)OC1(CCCC1)O2. The molecule has 0 atom stereocenters. The highest BCUT2D eigenvalue weighted by Gasteiger charge is 2.44. The molecule has 0 saturated heterocycles. The highest BCUT2D eigenvalue weighted by atomic mass is 35.5. The first-order valence-corrected chi connectivity index (χ1v) is 9.27. The van der Waals surface area contributed by atoms with Gasteiger partial charge in [-0.2, -0.15) is 0 Å². The third kappa shape index (κ3) is 3.62. The molecule has 8 heteroatoms. The van der Waals surface area contributed by atoms with Gasteiger partial charge in [-0.1, -0.05) is 17.7 Å². The van der Waals surface area contributed by atoms with E-state index in [0.29, 0.717) is 17.2 Å². The number of halogens is 2. The van der Waals surface area contributed by atoms with Gasteiger partial charge in [-0.25, -0.2) is 9.18 Å². The molecule has 1 amide bonds. The highest BCUT2D eigenvalue weighted by Crippen LogP contribution is 2.47. The Morgan fingerprint density at radius 2 is 1.89 bits per heavy atom. The summed E-state index contributed by atoms with van der Waals surface area (Å²) in [7, 11) is 0. The van der Waals surface area contributed by atoms with E-state index in [1.54, 1.807) is 18.2 Å². The lowest BCUT2D eigenvalue weighted by Crippen LogP contribution is -2.34. The molecule has 0 bridgehead atoms. The van der Waals surface area contributed by atoms with Crippen LogP contribution in [-0.4, -0.2) is 24.3 Å². The van der Waals surface area contributed by atoms with Gasteiger partial charge in [0.05, 0.1) is 5.02 Å². The quantitative estimate of drug-likeness (QED) is 0.767. The van der Waals surface area contributed by atoms with Crippen molar-refractivity contribution in [3.05, 3.63) is 52.8 Å². The van der Waals surface area contributed by atoms with Crippen molar-refractivity contribution < 1.29 is 28.2 Å². The Morgan fingerprint density at radius 1 is 1.14 bits per heavy atom. The molecule has 1 aliphatic heterocycles. The first-order chi connectivity index (χ1) is 13.5. The van der Waals surface area contributed by atoms with Gasteiger partial charge in [0.25, 0.3) is 11.7 Å². The molecule has 0 aromatic heterocycles. The number of rotatable bonds is 4. The second-order valence-electron chi connectivity index (χ2n) is 6.70. The maximum absolute atomic E-state index is 13.7. The minimum absolute atomic E-state index is 0.0815. The second-order valence-corrected chi connectivity index (χ2v) is 7.11. The number of amides is 1. The van der Waals surface area contributed by atoms with Gasteiger partial charge >= 0.3 is 5.97 Å². The van der Waals surface area contributed by atoms with E-state index in [4.69, 9.17) is 25.8 Å². The van der Waals surface area contributed by atoms with Gasteiger partial charge in [-0.15, -0.1) is 0 Å². The number of benzene rings is 2. The molecular weight excluding hydrogens is 389 g/mol. The van der Waals surface area contributed by atoms with Crippen LogP contribution in [-0.2, 0) is 9.53 Å². The van der Waals surface area contributed by atoms with E-state index in [9.17, 15) is 14.0 Å². The molecule has 4 rings (SSSR count). The van der Waals surface area contributed by atoms with Crippen molar-refractivity contribution in [2.24, 2.45) is 0 Å². The number of hydrogen-bond acceptors (Lipinski definition) is 5. The topological polar surface area (TPSA) is 73.9 Å². The fourth-order valence-electron chi connectivity index (χ4n) is 3.38. The zero-order chi connectivity index (χ0) is 19.7. The minimum Gasteiger partial charge on any atom is -0.452 e. The third-order valence-electron chi connectivity index (χ3n) is 4.69. The van der Waals surface area contributed by atoms with Crippen LogP contribution in [0.15, 0.2) is 36.4 Å². The second kappa shape index (κ2) is 7.31. The van der Waals surface area contributed by atoms with Crippen LogP contribution in [0.3, 0.4) is 0 Å². The Labute approximate surface area is 165 Å². The number of ether oxygens (including phenoxy) is 3. The van der Waals surface area contributed by atoms with Crippen LogP contribution in [0.4, 0.5) is 10.1 Å². The molecule has 2 aromatic rings. The van der Waals surface area contributed by atoms with Crippen molar-refractivity contribution in [1.29, 1.82) is 0 Å². The van der Waals surface area contributed by atoms with E-state index in [1.807, 2.05) is 0 Å².